The van der Waals surface area contributed by atoms with Crippen LogP contribution in [0.25, 0.3) is 0 Å². The molecule has 130 valence electrons. The minimum absolute atomic E-state index is 0.0788. The Kier molecular flexibility index (Phi) is 4.10. The molecule has 1 saturated heterocycles. The molecule has 0 saturated carbocycles. The Balaban J connectivity index is 1.57. The lowest BCUT2D eigenvalue weighted by Gasteiger charge is -2.18. The fraction of sp³-hybridized carbons (Fsp3) is 0.381. The van der Waals surface area contributed by atoms with Crippen molar-refractivity contribution >= 4 is 5.78 Å². The van der Waals surface area contributed by atoms with Crippen molar-refractivity contribution in [2.75, 3.05) is 13.2 Å². The van der Waals surface area contributed by atoms with Crippen LogP contribution >= 0.6 is 0 Å². The van der Waals surface area contributed by atoms with Gasteiger partial charge in [-0.15, -0.1) is 0 Å². The summed E-state index contributed by atoms with van der Waals surface area (Å²) in [5.74, 6) is 0.293. The summed E-state index contributed by atoms with van der Waals surface area (Å²) in [6, 6.07) is 13.6. The second-order valence-corrected chi connectivity index (χ2v) is 7.03. The van der Waals surface area contributed by atoms with Gasteiger partial charge in [-0.2, -0.15) is 0 Å². The van der Waals surface area contributed by atoms with Crippen LogP contribution in [0.15, 0.2) is 42.5 Å². The molecule has 0 N–H and O–H groups in total. The molecule has 1 fully saturated rings. The van der Waals surface area contributed by atoms with Crippen LogP contribution in [0.5, 0.6) is 5.75 Å². The molecule has 1 aliphatic heterocycles. The van der Waals surface area contributed by atoms with Crippen molar-refractivity contribution in [3.05, 3.63) is 64.7 Å². The first-order valence-electron chi connectivity index (χ1n) is 8.72. The average molecular weight is 338 g/mol. The summed E-state index contributed by atoms with van der Waals surface area (Å²) in [5.41, 5.74) is 3.63. The molecular formula is C21H22O4. The zero-order chi connectivity index (χ0) is 17.4. The van der Waals surface area contributed by atoms with E-state index >= 15 is 0 Å². The van der Waals surface area contributed by atoms with Crippen LogP contribution in [0.3, 0.4) is 0 Å². The fourth-order valence-corrected chi connectivity index (χ4v) is 3.56. The summed E-state index contributed by atoms with van der Waals surface area (Å²) in [7, 11) is 0. The first-order chi connectivity index (χ1) is 12.0. The van der Waals surface area contributed by atoms with Crippen LogP contribution in [0.2, 0.25) is 0 Å². The maximum absolute atomic E-state index is 12.9. The van der Waals surface area contributed by atoms with Crippen LogP contribution in [0, 0.1) is 0 Å². The number of ketones is 1. The van der Waals surface area contributed by atoms with E-state index in [1.807, 2.05) is 56.3 Å². The summed E-state index contributed by atoms with van der Waals surface area (Å²) >= 11 is 0. The lowest BCUT2D eigenvalue weighted by atomic mass is 9.98. The zero-order valence-corrected chi connectivity index (χ0v) is 14.6. The molecule has 2 aromatic carbocycles. The van der Waals surface area contributed by atoms with E-state index in [9.17, 15) is 4.79 Å². The molecule has 0 bridgehead atoms. The van der Waals surface area contributed by atoms with Crippen LogP contribution < -0.4 is 4.74 Å². The maximum atomic E-state index is 12.9. The molecule has 2 aliphatic rings. The van der Waals surface area contributed by atoms with Crippen LogP contribution in [0.1, 0.15) is 40.9 Å². The highest BCUT2D eigenvalue weighted by Crippen LogP contribution is 2.31. The average Bonchev–Trinajstić information content (AvgIpc) is 2.89. The van der Waals surface area contributed by atoms with E-state index in [0.29, 0.717) is 13.2 Å². The van der Waals surface area contributed by atoms with Crippen molar-refractivity contribution < 1.29 is 19.0 Å². The number of rotatable bonds is 3. The van der Waals surface area contributed by atoms with Crippen molar-refractivity contribution in [3.63, 3.8) is 0 Å². The predicted octanol–water partition coefficient (Wildman–Crippen LogP) is 3.55. The van der Waals surface area contributed by atoms with E-state index in [-0.39, 0.29) is 11.9 Å². The quantitative estimate of drug-likeness (QED) is 0.859. The van der Waals surface area contributed by atoms with Gasteiger partial charge in [0.2, 0.25) is 0 Å². The highest BCUT2D eigenvalue weighted by atomic mass is 16.7. The molecule has 1 atom stereocenters. The van der Waals surface area contributed by atoms with E-state index in [0.717, 1.165) is 40.8 Å². The van der Waals surface area contributed by atoms with Gasteiger partial charge in [-0.25, -0.2) is 0 Å². The second kappa shape index (κ2) is 6.28. The van der Waals surface area contributed by atoms with Crippen molar-refractivity contribution in [3.8, 4) is 5.75 Å². The molecule has 0 aromatic heterocycles. The molecule has 0 spiro atoms. The summed E-state index contributed by atoms with van der Waals surface area (Å²) in [5, 5.41) is 0. The maximum Gasteiger partial charge on any atom is 0.193 e. The molecule has 0 amide bonds. The lowest BCUT2D eigenvalue weighted by molar-refractivity contribution is -0.141. The number of benzene rings is 2. The molecule has 1 unspecified atom stereocenters. The first-order valence-corrected chi connectivity index (χ1v) is 8.72. The van der Waals surface area contributed by atoms with E-state index in [1.54, 1.807) is 0 Å². The number of hydrogen-bond acceptors (Lipinski definition) is 4. The van der Waals surface area contributed by atoms with E-state index in [4.69, 9.17) is 14.2 Å². The molecular weight excluding hydrogens is 316 g/mol. The SMILES string of the molecule is CC1(C)OCC(COc2cccc3c2CCc2ccccc2C3=O)O1. The fourth-order valence-electron chi connectivity index (χ4n) is 3.56. The third kappa shape index (κ3) is 3.20. The third-order valence-electron chi connectivity index (χ3n) is 4.78. The van der Waals surface area contributed by atoms with Gasteiger partial charge in [-0.05, 0) is 38.3 Å². The highest BCUT2D eigenvalue weighted by molar-refractivity contribution is 6.11. The van der Waals surface area contributed by atoms with Crippen molar-refractivity contribution in [2.45, 2.75) is 38.6 Å². The molecule has 4 rings (SSSR count). The molecule has 2 aromatic rings. The van der Waals surface area contributed by atoms with Crippen molar-refractivity contribution in [2.24, 2.45) is 0 Å². The van der Waals surface area contributed by atoms with E-state index in [1.165, 1.54) is 0 Å². The topological polar surface area (TPSA) is 44.8 Å². The Morgan fingerprint density at radius 2 is 1.88 bits per heavy atom. The van der Waals surface area contributed by atoms with Gasteiger partial charge in [0.25, 0.3) is 0 Å². The Labute approximate surface area is 147 Å². The predicted molar refractivity (Wildman–Crippen MR) is 94.1 cm³/mol. The van der Waals surface area contributed by atoms with Gasteiger partial charge >= 0.3 is 0 Å². The van der Waals surface area contributed by atoms with Crippen molar-refractivity contribution in [1.29, 1.82) is 0 Å². The smallest absolute Gasteiger partial charge is 0.193 e. The van der Waals surface area contributed by atoms with Gasteiger partial charge in [0.1, 0.15) is 18.5 Å². The van der Waals surface area contributed by atoms with E-state index < -0.39 is 5.79 Å². The Morgan fingerprint density at radius 1 is 1.08 bits per heavy atom. The summed E-state index contributed by atoms with van der Waals surface area (Å²) in [6.45, 7) is 4.74. The van der Waals surface area contributed by atoms with Gasteiger partial charge in [0.05, 0.1) is 6.61 Å². The molecule has 1 aliphatic carbocycles. The second-order valence-electron chi connectivity index (χ2n) is 7.03. The number of carbonyl (C=O) groups excluding carboxylic acids is 1. The number of aryl methyl sites for hydroxylation is 1. The zero-order valence-electron chi connectivity index (χ0n) is 14.6. The van der Waals surface area contributed by atoms with Gasteiger partial charge in [-0.3, -0.25) is 4.79 Å². The Hall–Kier alpha value is -2.17. The van der Waals surface area contributed by atoms with Gasteiger partial charge in [0, 0.05) is 16.7 Å². The van der Waals surface area contributed by atoms with Gasteiger partial charge in [0.15, 0.2) is 11.6 Å². The monoisotopic (exact) mass is 338 g/mol. The molecule has 4 heteroatoms. The number of ether oxygens (including phenoxy) is 3. The lowest BCUT2D eigenvalue weighted by Crippen LogP contribution is -2.25. The molecule has 4 nitrogen and oxygen atoms in total. The van der Waals surface area contributed by atoms with Gasteiger partial charge < -0.3 is 14.2 Å². The Bertz CT molecular complexity index is 809. The number of hydrogen-bond donors (Lipinski definition) is 0. The number of carbonyl (C=O) groups is 1. The van der Waals surface area contributed by atoms with Crippen LogP contribution in [-0.2, 0) is 22.3 Å². The van der Waals surface area contributed by atoms with Crippen LogP contribution in [-0.4, -0.2) is 30.9 Å². The standard InChI is InChI=1S/C21H22O4/c1-21(2)24-13-15(25-21)12-23-19-9-5-8-18-17(19)11-10-14-6-3-4-7-16(14)20(18)22/h3-9,15H,10-13H2,1-2H3. The largest absolute Gasteiger partial charge is 0.490 e. The summed E-state index contributed by atoms with van der Waals surface area (Å²) < 4.78 is 17.4. The first kappa shape index (κ1) is 16.3. The van der Waals surface area contributed by atoms with Crippen molar-refractivity contribution in [1.82, 2.24) is 0 Å². The van der Waals surface area contributed by atoms with E-state index in [2.05, 4.69) is 0 Å². The summed E-state index contributed by atoms with van der Waals surface area (Å²) in [6.07, 6.45) is 1.54. The molecule has 0 radical (unpaired) electrons. The highest BCUT2D eigenvalue weighted by Gasteiger charge is 2.33. The summed E-state index contributed by atoms with van der Waals surface area (Å²) in [4.78, 5) is 12.9. The minimum atomic E-state index is -0.556. The number of fused-ring (bicyclic) bond motifs is 2. The minimum Gasteiger partial charge on any atom is -0.490 e. The third-order valence-corrected chi connectivity index (χ3v) is 4.78. The normalized spacial score (nSPS) is 21.4. The molecule has 1 heterocycles. The van der Waals surface area contributed by atoms with Gasteiger partial charge in [-0.1, -0.05) is 36.4 Å². The molecule has 25 heavy (non-hydrogen) atoms. The van der Waals surface area contributed by atoms with Crippen LogP contribution in [0.4, 0.5) is 0 Å². The Morgan fingerprint density at radius 3 is 2.68 bits per heavy atom.